The molecule has 2 aliphatic heterocycles. The zero-order valence-corrected chi connectivity index (χ0v) is 16.0. The molecule has 1 unspecified atom stereocenters. The van der Waals surface area contributed by atoms with E-state index < -0.39 is 0 Å². The fourth-order valence-electron chi connectivity index (χ4n) is 4.04. The average Bonchev–Trinajstić information content (AvgIpc) is 3.22. The molecule has 2 N–H and O–H groups in total. The van der Waals surface area contributed by atoms with Crippen LogP contribution in [-0.4, -0.2) is 69.4 Å². The van der Waals surface area contributed by atoms with Crippen molar-refractivity contribution in [3.63, 3.8) is 0 Å². The Labute approximate surface area is 164 Å². The first-order valence-electron chi connectivity index (χ1n) is 10.0. The highest BCUT2D eigenvalue weighted by molar-refractivity contribution is 5.74. The molecule has 4 rings (SSSR count). The van der Waals surface area contributed by atoms with Gasteiger partial charge in [-0.25, -0.2) is 4.79 Å². The van der Waals surface area contributed by atoms with Crippen LogP contribution in [-0.2, 0) is 6.54 Å². The Morgan fingerprint density at radius 1 is 1.18 bits per heavy atom. The number of aliphatic hydroxyl groups excluding tert-OH is 1. The van der Waals surface area contributed by atoms with Gasteiger partial charge in [-0.3, -0.25) is 4.90 Å². The number of amides is 2. The zero-order valence-electron chi connectivity index (χ0n) is 16.0. The van der Waals surface area contributed by atoms with Crippen LogP contribution in [0.25, 0.3) is 11.4 Å². The molecule has 1 aromatic heterocycles. The largest absolute Gasteiger partial charge is 0.392 e. The van der Waals surface area contributed by atoms with Gasteiger partial charge in [-0.15, -0.1) is 0 Å². The predicted octanol–water partition coefficient (Wildman–Crippen LogP) is 1.87. The second-order valence-corrected chi connectivity index (χ2v) is 7.55. The zero-order chi connectivity index (χ0) is 19.3. The fraction of sp³-hybridized carbons (Fsp3) is 0.550. The molecule has 0 radical (unpaired) electrons. The van der Waals surface area contributed by atoms with Crippen LogP contribution in [0.3, 0.4) is 0 Å². The van der Waals surface area contributed by atoms with Gasteiger partial charge in [0.15, 0.2) is 0 Å². The van der Waals surface area contributed by atoms with Gasteiger partial charge in [0.05, 0.1) is 12.6 Å². The van der Waals surface area contributed by atoms with E-state index in [0.29, 0.717) is 17.8 Å². The van der Waals surface area contributed by atoms with Crippen LogP contribution >= 0.6 is 0 Å². The Hall–Kier alpha value is -2.45. The Morgan fingerprint density at radius 2 is 1.96 bits per heavy atom. The molecule has 1 atom stereocenters. The highest BCUT2D eigenvalue weighted by Gasteiger charge is 2.29. The molecule has 0 spiro atoms. The lowest BCUT2D eigenvalue weighted by Gasteiger charge is -2.41. The van der Waals surface area contributed by atoms with Crippen molar-refractivity contribution in [1.29, 1.82) is 0 Å². The van der Waals surface area contributed by atoms with Crippen molar-refractivity contribution in [1.82, 2.24) is 25.3 Å². The van der Waals surface area contributed by atoms with Crippen molar-refractivity contribution >= 4 is 6.03 Å². The lowest BCUT2D eigenvalue weighted by atomic mass is 9.99. The molecule has 150 valence electrons. The van der Waals surface area contributed by atoms with Gasteiger partial charge in [-0.05, 0) is 32.2 Å². The van der Waals surface area contributed by atoms with E-state index in [0.717, 1.165) is 57.4 Å². The first-order valence-corrected chi connectivity index (χ1v) is 10.0. The summed E-state index contributed by atoms with van der Waals surface area (Å²) in [4.78, 5) is 21.0. The van der Waals surface area contributed by atoms with Crippen molar-refractivity contribution in [2.24, 2.45) is 0 Å². The molecule has 1 aromatic carbocycles. The maximum Gasteiger partial charge on any atom is 0.317 e. The smallest absolute Gasteiger partial charge is 0.317 e. The SMILES string of the molecule is O=C(NCc1nc(-c2ccccc2)no1)N1CCC(N2CCCC(O)C2)CC1. The minimum absolute atomic E-state index is 0.100. The minimum Gasteiger partial charge on any atom is -0.392 e. The number of aliphatic hydroxyl groups is 1. The summed E-state index contributed by atoms with van der Waals surface area (Å²) in [7, 11) is 0. The van der Waals surface area contributed by atoms with E-state index in [4.69, 9.17) is 4.52 Å². The van der Waals surface area contributed by atoms with Crippen molar-refractivity contribution in [3.05, 3.63) is 36.2 Å². The van der Waals surface area contributed by atoms with Crippen molar-refractivity contribution in [3.8, 4) is 11.4 Å². The van der Waals surface area contributed by atoms with Crippen molar-refractivity contribution in [2.75, 3.05) is 26.2 Å². The molecule has 2 aliphatic rings. The lowest BCUT2D eigenvalue weighted by Crippen LogP contribution is -2.52. The number of rotatable bonds is 4. The van der Waals surface area contributed by atoms with Gasteiger partial charge >= 0.3 is 6.03 Å². The summed E-state index contributed by atoms with van der Waals surface area (Å²) in [5.74, 6) is 0.916. The van der Waals surface area contributed by atoms with E-state index in [1.807, 2.05) is 35.2 Å². The van der Waals surface area contributed by atoms with Crippen LogP contribution in [0.15, 0.2) is 34.9 Å². The Balaban J connectivity index is 1.23. The average molecular weight is 385 g/mol. The van der Waals surface area contributed by atoms with Crippen LogP contribution in [0.5, 0.6) is 0 Å². The summed E-state index contributed by atoms with van der Waals surface area (Å²) in [6, 6.07) is 9.96. The number of hydrogen-bond donors (Lipinski definition) is 2. The number of likely N-dealkylation sites (tertiary alicyclic amines) is 2. The lowest BCUT2D eigenvalue weighted by molar-refractivity contribution is 0.0291. The van der Waals surface area contributed by atoms with E-state index in [9.17, 15) is 9.90 Å². The molecular formula is C20H27N5O3. The summed E-state index contributed by atoms with van der Waals surface area (Å²) in [5.41, 5.74) is 0.883. The van der Waals surface area contributed by atoms with Crippen molar-refractivity contribution in [2.45, 2.75) is 44.4 Å². The van der Waals surface area contributed by atoms with Crippen LogP contribution in [0, 0.1) is 0 Å². The highest BCUT2D eigenvalue weighted by atomic mass is 16.5. The van der Waals surface area contributed by atoms with E-state index in [-0.39, 0.29) is 18.7 Å². The molecule has 28 heavy (non-hydrogen) atoms. The molecule has 2 saturated heterocycles. The first-order chi connectivity index (χ1) is 13.7. The number of β-amino-alcohol motifs (C(OH)–C–C–N with tert-alkyl or cyclic N) is 1. The third kappa shape index (κ3) is 4.51. The number of piperidine rings is 2. The number of hydrogen-bond acceptors (Lipinski definition) is 6. The van der Waals surface area contributed by atoms with Gasteiger partial charge < -0.3 is 19.8 Å². The third-order valence-corrected chi connectivity index (χ3v) is 5.59. The summed E-state index contributed by atoms with van der Waals surface area (Å²) in [6.07, 6.45) is 3.64. The summed E-state index contributed by atoms with van der Waals surface area (Å²) in [5, 5.41) is 16.7. The number of nitrogens with one attached hydrogen (secondary N) is 1. The summed E-state index contributed by atoms with van der Waals surface area (Å²) < 4.78 is 5.24. The number of carbonyl (C=O) groups excluding carboxylic acids is 1. The molecule has 0 bridgehead atoms. The summed E-state index contributed by atoms with van der Waals surface area (Å²) >= 11 is 0. The Kier molecular flexibility index (Phi) is 5.87. The quantitative estimate of drug-likeness (QED) is 0.834. The molecule has 2 aromatic rings. The number of nitrogens with zero attached hydrogens (tertiary/aromatic N) is 4. The molecule has 8 nitrogen and oxygen atoms in total. The van der Waals surface area contributed by atoms with Gasteiger partial charge in [0.1, 0.15) is 0 Å². The van der Waals surface area contributed by atoms with Crippen LogP contribution in [0.4, 0.5) is 4.79 Å². The molecule has 0 aliphatic carbocycles. The second kappa shape index (κ2) is 8.70. The number of aromatic nitrogens is 2. The van der Waals surface area contributed by atoms with Crippen LogP contribution in [0.1, 0.15) is 31.6 Å². The molecule has 2 amide bonds. The van der Waals surface area contributed by atoms with Gasteiger partial charge in [-0.1, -0.05) is 35.5 Å². The topological polar surface area (TPSA) is 94.7 Å². The monoisotopic (exact) mass is 385 g/mol. The van der Waals surface area contributed by atoms with E-state index in [1.165, 1.54) is 0 Å². The molecule has 2 fully saturated rings. The normalized spacial score (nSPS) is 21.6. The first kappa shape index (κ1) is 18.9. The molecule has 8 heteroatoms. The van der Waals surface area contributed by atoms with Crippen LogP contribution in [0.2, 0.25) is 0 Å². The van der Waals surface area contributed by atoms with Gasteiger partial charge in [0.25, 0.3) is 0 Å². The molecule has 0 saturated carbocycles. The fourth-order valence-corrected chi connectivity index (χ4v) is 4.04. The summed E-state index contributed by atoms with van der Waals surface area (Å²) in [6.45, 7) is 3.48. The maximum atomic E-state index is 12.5. The molecule has 3 heterocycles. The van der Waals surface area contributed by atoms with Crippen LogP contribution < -0.4 is 5.32 Å². The highest BCUT2D eigenvalue weighted by Crippen LogP contribution is 2.21. The van der Waals surface area contributed by atoms with E-state index >= 15 is 0 Å². The Bertz CT molecular complexity index is 773. The molecular weight excluding hydrogens is 358 g/mol. The predicted molar refractivity (Wildman–Crippen MR) is 103 cm³/mol. The van der Waals surface area contributed by atoms with Gasteiger partial charge in [-0.2, -0.15) is 4.98 Å². The number of carbonyl (C=O) groups is 1. The van der Waals surface area contributed by atoms with E-state index in [2.05, 4.69) is 20.4 Å². The number of urea groups is 1. The number of benzene rings is 1. The second-order valence-electron chi connectivity index (χ2n) is 7.55. The minimum atomic E-state index is -0.203. The Morgan fingerprint density at radius 3 is 2.71 bits per heavy atom. The van der Waals surface area contributed by atoms with Gasteiger partial charge in [0.2, 0.25) is 11.7 Å². The third-order valence-electron chi connectivity index (χ3n) is 5.59. The standard InChI is InChI=1S/C20H27N5O3/c26-17-7-4-10-25(14-17)16-8-11-24(12-9-16)20(27)21-13-18-22-19(23-28-18)15-5-2-1-3-6-15/h1-3,5-6,16-17,26H,4,7-14H2,(H,21,27). The maximum absolute atomic E-state index is 12.5. The van der Waals surface area contributed by atoms with Gasteiger partial charge in [0, 0.05) is 31.2 Å². The van der Waals surface area contributed by atoms with Crippen molar-refractivity contribution < 1.29 is 14.4 Å². The van der Waals surface area contributed by atoms with E-state index in [1.54, 1.807) is 0 Å².